The van der Waals surface area contributed by atoms with E-state index in [1.165, 1.54) is 6.20 Å². The SMILES string of the molecule is O=C(NCC1(CO)CCCC1)c1c[nH]c(=O)[nH]1. The second-order valence-corrected chi connectivity index (χ2v) is 4.70. The minimum atomic E-state index is -0.395. The number of carbonyl (C=O) groups excluding carboxylic acids is 1. The molecule has 1 aromatic rings. The highest BCUT2D eigenvalue weighted by Gasteiger charge is 2.33. The first-order chi connectivity index (χ1) is 8.15. The van der Waals surface area contributed by atoms with Gasteiger partial charge < -0.3 is 20.4 Å². The molecule has 0 aliphatic heterocycles. The van der Waals surface area contributed by atoms with Gasteiger partial charge in [-0.3, -0.25) is 4.79 Å². The third kappa shape index (κ3) is 2.58. The summed E-state index contributed by atoms with van der Waals surface area (Å²) in [7, 11) is 0. The number of aromatic nitrogens is 2. The molecule has 1 aromatic heterocycles. The summed E-state index contributed by atoms with van der Waals surface area (Å²) in [5, 5.41) is 12.1. The van der Waals surface area contributed by atoms with Crippen LogP contribution in [0.2, 0.25) is 0 Å². The fourth-order valence-corrected chi connectivity index (χ4v) is 2.33. The second kappa shape index (κ2) is 4.75. The lowest BCUT2D eigenvalue weighted by molar-refractivity contribution is 0.0876. The van der Waals surface area contributed by atoms with Crippen molar-refractivity contribution in [2.45, 2.75) is 25.7 Å². The van der Waals surface area contributed by atoms with Crippen LogP contribution in [0.1, 0.15) is 36.2 Å². The van der Waals surface area contributed by atoms with Crippen LogP contribution in [0.15, 0.2) is 11.0 Å². The van der Waals surface area contributed by atoms with Crippen LogP contribution >= 0.6 is 0 Å². The van der Waals surface area contributed by atoms with Crippen molar-refractivity contribution in [2.75, 3.05) is 13.2 Å². The van der Waals surface area contributed by atoms with Crippen molar-refractivity contribution < 1.29 is 9.90 Å². The maximum Gasteiger partial charge on any atom is 0.323 e. The van der Waals surface area contributed by atoms with Crippen LogP contribution in [0.4, 0.5) is 0 Å². The van der Waals surface area contributed by atoms with Gasteiger partial charge in [-0.2, -0.15) is 0 Å². The maximum atomic E-state index is 11.7. The lowest BCUT2D eigenvalue weighted by Crippen LogP contribution is -2.38. The number of nitrogens with one attached hydrogen (secondary N) is 3. The second-order valence-electron chi connectivity index (χ2n) is 4.70. The van der Waals surface area contributed by atoms with Gasteiger partial charge in [0, 0.05) is 18.2 Å². The Bertz CT molecular complexity index is 443. The minimum absolute atomic E-state index is 0.0942. The average molecular weight is 239 g/mol. The zero-order valence-electron chi connectivity index (χ0n) is 9.58. The molecule has 6 nitrogen and oxygen atoms in total. The molecule has 0 radical (unpaired) electrons. The Morgan fingerprint density at radius 2 is 2.18 bits per heavy atom. The third-order valence-electron chi connectivity index (χ3n) is 3.46. The number of aromatic amines is 2. The predicted octanol–water partition coefficient (Wildman–Crippen LogP) is -0.0145. The lowest BCUT2D eigenvalue weighted by Gasteiger charge is -2.26. The molecule has 6 heteroatoms. The fraction of sp³-hybridized carbons (Fsp3) is 0.636. The van der Waals surface area contributed by atoms with Gasteiger partial charge in [-0.05, 0) is 12.8 Å². The van der Waals surface area contributed by atoms with E-state index in [4.69, 9.17) is 0 Å². The molecule has 2 rings (SSSR count). The monoisotopic (exact) mass is 239 g/mol. The molecule has 0 saturated heterocycles. The molecule has 1 saturated carbocycles. The highest BCUT2D eigenvalue weighted by atomic mass is 16.3. The van der Waals surface area contributed by atoms with E-state index >= 15 is 0 Å². The number of carbonyl (C=O) groups is 1. The lowest BCUT2D eigenvalue weighted by atomic mass is 9.87. The van der Waals surface area contributed by atoms with Crippen LogP contribution in [-0.2, 0) is 0 Å². The van der Waals surface area contributed by atoms with Crippen LogP contribution < -0.4 is 11.0 Å². The topological polar surface area (TPSA) is 98.0 Å². The van der Waals surface area contributed by atoms with Crippen molar-refractivity contribution in [3.05, 3.63) is 22.4 Å². The van der Waals surface area contributed by atoms with E-state index < -0.39 is 5.69 Å². The van der Waals surface area contributed by atoms with Gasteiger partial charge in [-0.15, -0.1) is 0 Å². The van der Waals surface area contributed by atoms with Crippen molar-refractivity contribution in [3.63, 3.8) is 0 Å². The maximum absolute atomic E-state index is 11.7. The molecular weight excluding hydrogens is 222 g/mol. The van der Waals surface area contributed by atoms with Crippen LogP contribution in [-0.4, -0.2) is 34.1 Å². The Hall–Kier alpha value is -1.56. The molecular formula is C11H17N3O3. The first-order valence-corrected chi connectivity index (χ1v) is 5.82. The molecule has 0 bridgehead atoms. The van der Waals surface area contributed by atoms with Gasteiger partial charge in [0.1, 0.15) is 5.69 Å². The number of amides is 1. The van der Waals surface area contributed by atoms with Crippen molar-refractivity contribution in [3.8, 4) is 0 Å². The smallest absolute Gasteiger partial charge is 0.323 e. The van der Waals surface area contributed by atoms with E-state index in [9.17, 15) is 14.7 Å². The first kappa shape index (κ1) is 11.9. The summed E-state index contributed by atoms with van der Waals surface area (Å²) in [6.07, 6.45) is 5.41. The Balaban J connectivity index is 1.93. The molecule has 1 heterocycles. The summed E-state index contributed by atoms with van der Waals surface area (Å²) >= 11 is 0. The highest BCUT2D eigenvalue weighted by molar-refractivity contribution is 5.91. The summed E-state index contributed by atoms with van der Waals surface area (Å²) in [4.78, 5) is 27.3. The van der Waals surface area contributed by atoms with E-state index in [0.29, 0.717) is 6.54 Å². The van der Waals surface area contributed by atoms with E-state index in [2.05, 4.69) is 15.3 Å². The molecule has 1 fully saturated rings. The summed E-state index contributed by atoms with van der Waals surface area (Å²) in [6.45, 7) is 0.548. The number of hydrogen-bond donors (Lipinski definition) is 4. The predicted molar refractivity (Wildman–Crippen MR) is 61.7 cm³/mol. The van der Waals surface area contributed by atoms with Crippen molar-refractivity contribution in [1.82, 2.24) is 15.3 Å². The number of H-pyrrole nitrogens is 2. The molecule has 1 amide bonds. The number of imidazole rings is 1. The van der Waals surface area contributed by atoms with Gasteiger partial charge >= 0.3 is 5.69 Å². The largest absolute Gasteiger partial charge is 0.396 e. The van der Waals surface area contributed by atoms with Crippen molar-refractivity contribution in [1.29, 1.82) is 0 Å². The molecule has 1 aliphatic rings. The summed E-state index contributed by atoms with van der Waals surface area (Å²) in [5.41, 5.74) is -0.347. The Morgan fingerprint density at radius 1 is 1.47 bits per heavy atom. The summed E-state index contributed by atoms with van der Waals surface area (Å²) < 4.78 is 0. The van der Waals surface area contributed by atoms with E-state index in [1.807, 2.05) is 0 Å². The molecule has 0 atom stereocenters. The number of aliphatic hydroxyl groups is 1. The zero-order chi connectivity index (χ0) is 12.3. The molecule has 0 aromatic carbocycles. The minimum Gasteiger partial charge on any atom is -0.396 e. The van der Waals surface area contributed by atoms with Crippen LogP contribution in [0.25, 0.3) is 0 Å². The summed E-state index contributed by atoms with van der Waals surface area (Å²) in [5.74, 6) is -0.317. The zero-order valence-corrected chi connectivity index (χ0v) is 9.58. The number of aliphatic hydroxyl groups excluding tert-OH is 1. The van der Waals surface area contributed by atoms with Crippen molar-refractivity contribution in [2.24, 2.45) is 5.41 Å². The Morgan fingerprint density at radius 3 is 2.71 bits per heavy atom. The molecule has 94 valence electrons. The van der Waals surface area contributed by atoms with E-state index in [0.717, 1.165) is 25.7 Å². The van der Waals surface area contributed by atoms with Gasteiger partial charge in [0.05, 0.1) is 6.61 Å². The van der Waals surface area contributed by atoms with Crippen LogP contribution in [0.3, 0.4) is 0 Å². The van der Waals surface area contributed by atoms with Gasteiger partial charge in [-0.1, -0.05) is 12.8 Å². The number of rotatable bonds is 4. The van der Waals surface area contributed by atoms with Crippen molar-refractivity contribution >= 4 is 5.91 Å². The summed E-state index contributed by atoms with van der Waals surface area (Å²) in [6, 6.07) is 0. The normalized spacial score (nSPS) is 18.2. The quantitative estimate of drug-likeness (QED) is 0.594. The van der Waals surface area contributed by atoms with E-state index in [-0.39, 0.29) is 23.6 Å². The van der Waals surface area contributed by atoms with Crippen LogP contribution in [0.5, 0.6) is 0 Å². The third-order valence-corrected chi connectivity index (χ3v) is 3.46. The van der Waals surface area contributed by atoms with Gasteiger partial charge in [0.2, 0.25) is 0 Å². The first-order valence-electron chi connectivity index (χ1n) is 5.82. The van der Waals surface area contributed by atoms with Gasteiger partial charge in [-0.25, -0.2) is 4.79 Å². The highest BCUT2D eigenvalue weighted by Crippen LogP contribution is 2.36. The standard InChI is InChI=1S/C11H17N3O3/c15-7-11(3-1-2-4-11)6-13-9(16)8-5-12-10(17)14-8/h5,15H,1-4,6-7H2,(H,13,16)(H2,12,14,17). The molecule has 0 spiro atoms. The fourth-order valence-electron chi connectivity index (χ4n) is 2.33. The van der Waals surface area contributed by atoms with E-state index in [1.54, 1.807) is 0 Å². The molecule has 0 unspecified atom stereocenters. The van der Waals surface area contributed by atoms with Gasteiger partial charge in [0.25, 0.3) is 5.91 Å². The molecule has 17 heavy (non-hydrogen) atoms. The molecule has 1 aliphatic carbocycles. The Kier molecular flexibility index (Phi) is 3.33. The average Bonchev–Trinajstić information content (AvgIpc) is 2.95. The Labute approximate surface area is 98.4 Å². The van der Waals surface area contributed by atoms with Crippen LogP contribution in [0, 0.1) is 5.41 Å². The molecule has 4 N–H and O–H groups in total. The number of hydrogen-bond acceptors (Lipinski definition) is 3. The van der Waals surface area contributed by atoms with Gasteiger partial charge in [0.15, 0.2) is 0 Å².